The minimum absolute atomic E-state index is 0.105. The Morgan fingerprint density at radius 3 is 2.90 bits per heavy atom. The molecule has 5 rings (SSSR count). The van der Waals surface area contributed by atoms with E-state index in [1.807, 2.05) is 29.6 Å². The number of rotatable bonds is 5. The van der Waals surface area contributed by atoms with Crippen LogP contribution in [0, 0.1) is 5.82 Å². The van der Waals surface area contributed by atoms with Crippen molar-refractivity contribution in [3.63, 3.8) is 0 Å². The summed E-state index contributed by atoms with van der Waals surface area (Å²) in [5, 5.41) is 2.40. The van der Waals surface area contributed by atoms with Crippen molar-refractivity contribution in [1.82, 2.24) is 9.55 Å². The maximum absolute atomic E-state index is 14.3. The van der Waals surface area contributed by atoms with Gasteiger partial charge in [0.2, 0.25) is 6.79 Å². The van der Waals surface area contributed by atoms with E-state index >= 15 is 0 Å². The van der Waals surface area contributed by atoms with E-state index in [0.717, 1.165) is 5.56 Å². The molecule has 0 radical (unpaired) electrons. The fourth-order valence-corrected chi connectivity index (χ4v) is 5.27. The lowest BCUT2D eigenvalue weighted by atomic mass is 10.2. The van der Waals surface area contributed by atoms with Crippen LogP contribution in [0.25, 0.3) is 10.2 Å². The van der Waals surface area contributed by atoms with Crippen molar-refractivity contribution >= 4 is 49.2 Å². The lowest BCUT2D eigenvalue weighted by molar-refractivity contribution is 0.174. The first-order valence-electron chi connectivity index (χ1n) is 9.02. The highest BCUT2D eigenvalue weighted by molar-refractivity contribution is 9.10. The molecule has 1 aliphatic heterocycles. The Kier molecular flexibility index (Phi) is 5.26. The minimum atomic E-state index is -0.293. The molecule has 9 heteroatoms. The van der Waals surface area contributed by atoms with Gasteiger partial charge in [0.1, 0.15) is 10.5 Å². The van der Waals surface area contributed by atoms with Crippen molar-refractivity contribution in [2.75, 3.05) is 6.79 Å². The Morgan fingerprint density at radius 2 is 2.03 bits per heavy atom. The molecule has 0 bridgehead atoms. The second-order valence-corrected chi connectivity index (χ2v) is 9.41. The number of aromatic nitrogens is 2. The van der Waals surface area contributed by atoms with Crippen molar-refractivity contribution < 1.29 is 13.9 Å². The Labute approximate surface area is 187 Å². The molecule has 4 aromatic rings. The fourth-order valence-electron chi connectivity index (χ4n) is 3.18. The van der Waals surface area contributed by atoms with Gasteiger partial charge in [0, 0.05) is 10.2 Å². The molecule has 0 aliphatic carbocycles. The van der Waals surface area contributed by atoms with Crippen LogP contribution in [0.4, 0.5) is 4.39 Å². The molecule has 0 unspecified atom stereocenters. The molecule has 0 saturated carbocycles. The van der Waals surface area contributed by atoms with Crippen LogP contribution in [0.5, 0.6) is 11.5 Å². The number of halogens is 2. The van der Waals surface area contributed by atoms with E-state index < -0.39 is 0 Å². The van der Waals surface area contributed by atoms with Crippen LogP contribution in [-0.2, 0) is 12.3 Å². The van der Waals surface area contributed by atoms with Crippen LogP contribution >= 0.6 is 39.0 Å². The number of thioether (sulfide) groups is 1. The van der Waals surface area contributed by atoms with Crippen LogP contribution in [-0.4, -0.2) is 16.3 Å². The highest BCUT2D eigenvalue weighted by atomic mass is 79.9. The Bertz CT molecular complexity index is 1320. The summed E-state index contributed by atoms with van der Waals surface area (Å²) >= 11 is 5.99. The van der Waals surface area contributed by atoms with Gasteiger partial charge in [-0.25, -0.2) is 9.37 Å². The van der Waals surface area contributed by atoms with Gasteiger partial charge in [0.05, 0.1) is 12.1 Å². The lowest BCUT2D eigenvalue weighted by Gasteiger charge is -2.13. The van der Waals surface area contributed by atoms with Crippen LogP contribution in [0.3, 0.4) is 0 Å². The molecule has 30 heavy (non-hydrogen) atoms. The van der Waals surface area contributed by atoms with E-state index in [1.54, 1.807) is 16.7 Å². The van der Waals surface area contributed by atoms with Crippen molar-refractivity contribution in [1.29, 1.82) is 0 Å². The number of fused-ring (bicyclic) bond motifs is 2. The normalized spacial score (nSPS) is 12.6. The van der Waals surface area contributed by atoms with Gasteiger partial charge >= 0.3 is 0 Å². The molecule has 0 amide bonds. The predicted octanol–water partition coefficient (Wildman–Crippen LogP) is 5.43. The second-order valence-electron chi connectivity index (χ2n) is 6.63. The largest absolute Gasteiger partial charge is 0.454 e. The van der Waals surface area contributed by atoms with E-state index in [0.29, 0.717) is 49.2 Å². The average Bonchev–Trinajstić information content (AvgIpc) is 3.38. The van der Waals surface area contributed by atoms with E-state index in [9.17, 15) is 9.18 Å². The van der Waals surface area contributed by atoms with Crippen LogP contribution in [0.1, 0.15) is 11.1 Å². The van der Waals surface area contributed by atoms with E-state index in [-0.39, 0.29) is 18.2 Å². The van der Waals surface area contributed by atoms with Crippen molar-refractivity contribution in [3.8, 4) is 11.5 Å². The maximum atomic E-state index is 14.3. The van der Waals surface area contributed by atoms with Gasteiger partial charge in [-0.2, -0.15) is 0 Å². The van der Waals surface area contributed by atoms with Crippen molar-refractivity contribution in [3.05, 3.63) is 79.6 Å². The summed E-state index contributed by atoms with van der Waals surface area (Å²) in [6, 6.07) is 12.4. The highest BCUT2D eigenvalue weighted by Crippen LogP contribution is 2.33. The molecule has 0 atom stereocenters. The predicted molar refractivity (Wildman–Crippen MR) is 119 cm³/mol. The summed E-state index contributed by atoms with van der Waals surface area (Å²) in [4.78, 5) is 17.8. The number of nitrogens with zero attached hydrogens (tertiary/aromatic N) is 2. The van der Waals surface area contributed by atoms with Crippen LogP contribution < -0.4 is 15.0 Å². The number of benzene rings is 2. The summed E-state index contributed by atoms with van der Waals surface area (Å²) < 4.78 is 28.0. The zero-order chi connectivity index (χ0) is 20.7. The fraction of sp³-hybridized carbons (Fsp3) is 0.143. The van der Waals surface area contributed by atoms with E-state index in [1.165, 1.54) is 29.2 Å². The molecule has 152 valence electrons. The lowest BCUT2D eigenvalue weighted by Crippen LogP contribution is -2.23. The number of hydrogen-bond donors (Lipinski definition) is 0. The van der Waals surface area contributed by atoms with Crippen LogP contribution in [0.2, 0.25) is 0 Å². The third-order valence-corrected chi connectivity index (χ3v) is 7.09. The van der Waals surface area contributed by atoms with Gasteiger partial charge in [-0.05, 0) is 46.8 Å². The molecular formula is C21H14BrFN2O3S2. The molecule has 2 aromatic carbocycles. The molecule has 5 nitrogen and oxygen atoms in total. The van der Waals surface area contributed by atoms with Crippen molar-refractivity contribution in [2.45, 2.75) is 17.5 Å². The summed E-state index contributed by atoms with van der Waals surface area (Å²) in [6.45, 7) is 0.531. The van der Waals surface area contributed by atoms with E-state index in [4.69, 9.17) is 9.47 Å². The van der Waals surface area contributed by atoms with Crippen LogP contribution in [0.15, 0.2) is 62.3 Å². The first-order valence-corrected chi connectivity index (χ1v) is 11.7. The van der Waals surface area contributed by atoms with Gasteiger partial charge in [0.25, 0.3) is 5.56 Å². The maximum Gasteiger partial charge on any atom is 0.272 e. The molecule has 0 saturated heterocycles. The Hall–Kier alpha value is -2.36. The zero-order valence-electron chi connectivity index (χ0n) is 15.4. The molecular weight excluding hydrogens is 491 g/mol. The van der Waals surface area contributed by atoms with Gasteiger partial charge in [-0.3, -0.25) is 9.36 Å². The third kappa shape index (κ3) is 3.73. The van der Waals surface area contributed by atoms with Crippen molar-refractivity contribution in [2.24, 2.45) is 0 Å². The Morgan fingerprint density at radius 1 is 1.17 bits per heavy atom. The third-order valence-electron chi connectivity index (χ3n) is 4.68. The molecule has 1 aliphatic rings. The van der Waals surface area contributed by atoms with Gasteiger partial charge in [-0.15, -0.1) is 11.3 Å². The SMILES string of the molecule is O=c1c2sccc2nc(SCc2ccc(Br)cc2F)n1Cc1ccc2c(c1)OCO2. The first-order chi connectivity index (χ1) is 14.6. The second kappa shape index (κ2) is 8.05. The summed E-state index contributed by atoms with van der Waals surface area (Å²) in [6.07, 6.45) is 0. The summed E-state index contributed by atoms with van der Waals surface area (Å²) in [5.74, 6) is 1.43. The van der Waals surface area contributed by atoms with Gasteiger partial charge < -0.3 is 9.47 Å². The average molecular weight is 505 g/mol. The number of thiophene rings is 1. The van der Waals surface area contributed by atoms with Gasteiger partial charge in [-0.1, -0.05) is 39.8 Å². The Balaban J connectivity index is 1.51. The topological polar surface area (TPSA) is 53.4 Å². The zero-order valence-corrected chi connectivity index (χ0v) is 18.7. The number of hydrogen-bond acceptors (Lipinski definition) is 6. The molecule has 2 aromatic heterocycles. The highest BCUT2D eigenvalue weighted by Gasteiger charge is 2.17. The number of ether oxygens (including phenoxy) is 2. The standard InChI is InChI=1S/C21H14BrFN2O3S2/c22-14-3-2-13(15(23)8-14)10-30-21-24-16-5-6-29-19(16)20(26)25(21)9-12-1-4-17-18(7-12)28-11-27-17/h1-8H,9-11H2. The quantitative estimate of drug-likeness (QED) is 0.268. The molecule has 0 fully saturated rings. The smallest absolute Gasteiger partial charge is 0.272 e. The van der Waals surface area contributed by atoms with E-state index in [2.05, 4.69) is 20.9 Å². The minimum Gasteiger partial charge on any atom is -0.454 e. The molecule has 0 N–H and O–H groups in total. The monoisotopic (exact) mass is 504 g/mol. The molecule has 3 heterocycles. The summed E-state index contributed by atoms with van der Waals surface area (Å²) in [5.41, 5.74) is 2.00. The first kappa shape index (κ1) is 19.6. The summed E-state index contributed by atoms with van der Waals surface area (Å²) in [7, 11) is 0. The van der Waals surface area contributed by atoms with Gasteiger partial charge in [0.15, 0.2) is 16.7 Å². The molecule has 0 spiro atoms.